The molecule has 0 saturated carbocycles. The largest absolute Gasteiger partial charge is 0.452 e. The molecule has 0 bridgehead atoms. The van der Waals surface area contributed by atoms with Gasteiger partial charge in [0.25, 0.3) is 5.91 Å². The molecule has 0 unspecified atom stereocenters. The van der Waals surface area contributed by atoms with E-state index in [0.29, 0.717) is 37.4 Å². The second kappa shape index (κ2) is 10.1. The molecule has 8 heteroatoms. The fraction of sp³-hybridized carbons (Fsp3) is 0.346. The summed E-state index contributed by atoms with van der Waals surface area (Å²) in [6.45, 7) is 7.87. The van der Waals surface area contributed by atoms with Gasteiger partial charge in [-0.3, -0.25) is 14.5 Å². The van der Waals surface area contributed by atoms with E-state index in [9.17, 15) is 14.4 Å². The number of benzene rings is 2. The van der Waals surface area contributed by atoms with Crippen LogP contribution in [0.4, 0.5) is 5.69 Å². The van der Waals surface area contributed by atoms with Crippen LogP contribution in [-0.2, 0) is 14.3 Å². The summed E-state index contributed by atoms with van der Waals surface area (Å²) in [5.41, 5.74) is 4.95. The number of aromatic amines is 1. The molecule has 2 aromatic carbocycles. The number of fused-ring (bicyclic) bond motifs is 1. The van der Waals surface area contributed by atoms with Crippen LogP contribution >= 0.6 is 0 Å². The summed E-state index contributed by atoms with van der Waals surface area (Å²) < 4.78 is 5.34. The van der Waals surface area contributed by atoms with Gasteiger partial charge in [0.05, 0.1) is 12.1 Å². The number of nitrogens with zero attached hydrogens (tertiary/aromatic N) is 2. The van der Waals surface area contributed by atoms with Gasteiger partial charge in [-0.05, 0) is 38.0 Å². The average Bonchev–Trinajstić information content (AvgIpc) is 3.16. The normalized spacial score (nSPS) is 14.3. The summed E-state index contributed by atoms with van der Waals surface area (Å²) in [6.07, 6.45) is 0. The Kier molecular flexibility index (Phi) is 6.98. The number of amides is 2. The highest BCUT2D eigenvalue weighted by molar-refractivity contribution is 6.06. The summed E-state index contributed by atoms with van der Waals surface area (Å²) in [5, 5.41) is 3.78. The molecule has 8 nitrogen and oxygen atoms in total. The fourth-order valence-electron chi connectivity index (χ4n) is 4.38. The van der Waals surface area contributed by atoms with Gasteiger partial charge in [-0.2, -0.15) is 0 Å². The Hall–Kier alpha value is -3.65. The topological polar surface area (TPSA) is 94.7 Å². The van der Waals surface area contributed by atoms with E-state index in [1.807, 2.05) is 68.1 Å². The third-order valence-electron chi connectivity index (χ3n) is 6.26. The standard InChI is InChI=1S/C26H30N4O4/c1-17-7-6-8-18(2)25(17)28-22(31)15-29-11-13-30(14-12-29)23(32)16-34-26(33)24-19(3)27-21-10-5-4-9-20(21)24/h4-10,27H,11-16H2,1-3H3,(H,28,31). The summed E-state index contributed by atoms with van der Waals surface area (Å²) in [5.74, 6) is -0.809. The lowest BCUT2D eigenvalue weighted by Crippen LogP contribution is -2.51. The van der Waals surface area contributed by atoms with Crippen molar-refractivity contribution in [3.8, 4) is 0 Å². The number of hydrogen-bond donors (Lipinski definition) is 2. The molecule has 4 rings (SSSR count). The highest BCUT2D eigenvalue weighted by atomic mass is 16.5. The van der Waals surface area contributed by atoms with E-state index < -0.39 is 5.97 Å². The van der Waals surface area contributed by atoms with Crippen LogP contribution in [0.3, 0.4) is 0 Å². The molecule has 1 fully saturated rings. The molecule has 1 aromatic heterocycles. The summed E-state index contributed by atoms with van der Waals surface area (Å²) >= 11 is 0. The van der Waals surface area contributed by atoms with E-state index >= 15 is 0 Å². The molecule has 2 amide bonds. The van der Waals surface area contributed by atoms with Crippen LogP contribution < -0.4 is 5.32 Å². The van der Waals surface area contributed by atoms with Crippen molar-refractivity contribution in [2.45, 2.75) is 20.8 Å². The maximum Gasteiger partial charge on any atom is 0.341 e. The molecule has 0 aliphatic carbocycles. The lowest BCUT2D eigenvalue weighted by atomic mass is 10.1. The molecule has 0 radical (unpaired) electrons. The first-order valence-electron chi connectivity index (χ1n) is 11.4. The highest BCUT2D eigenvalue weighted by Gasteiger charge is 2.24. The Labute approximate surface area is 198 Å². The Morgan fingerprint density at radius 3 is 2.32 bits per heavy atom. The lowest BCUT2D eigenvalue weighted by molar-refractivity contribution is -0.136. The van der Waals surface area contributed by atoms with Gasteiger partial charge in [-0.1, -0.05) is 36.4 Å². The Morgan fingerprint density at radius 1 is 0.941 bits per heavy atom. The first-order valence-corrected chi connectivity index (χ1v) is 11.4. The number of piperazine rings is 1. The molecular formula is C26H30N4O4. The zero-order chi connectivity index (χ0) is 24.2. The second-order valence-corrected chi connectivity index (χ2v) is 8.72. The number of hydrogen-bond acceptors (Lipinski definition) is 5. The number of aryl methyl sites for hydroxylation is 3. The molecule has 1 aliphatic rings. The van der Waals surface area contributed by atoms with Crippen LogP contribution in [0.2, 0.25) is 0 Å². The first-order chi connectivity index (χ1) is 16.3. The number of esters is 1. The van der Waals surface area contributed by atoms with Crippen molar-refractivity contribution in [1.82, 2.24) is 14.8 Å². The van der Waals surface area contributed by atoms with Crippen LogP contribution in [0.15, 0.2) is 42.5 Å². The number of anilines is 1. The summed E-state index contributed by atoms with van der Waals surface area (Å²) in [7, 11) is 0. The predicted octanol–water partition coefficient (Wildman–Crippen LogP) is 3.03. The SMILES string of the molecule is Cc1cccc(C)c1NC(=O)CN1CCN(C(=O)COC(=O)c2c(C)[nH]c3ccccc23)CC1. The third kappa shape index (κ3) is 5.12. The van der Waals surface area contributed by atoms with E-state index in [2.05, 4.69) is 10.3 Å². The van der Waals surface area contributed by atoms with Crippen molar-refractivity contribution in [1.29, 1.82) is 0 Å². The van der Waals surface area contributed by atoms with Crippen LogP contribution in [0.1, 0.15) is 27.2 Å². The minimum Gasteiger partial charge on any atom is -0.452 e. The number of para-hydroxylation sites is 2. The number of carbonyl (C=O) groups is 3. The van der Waals surface area contributed by atoms with Crippen LogP contribution in [-0.4, -0.2) is 71.9 Å². The number of H-pyrrole nitrogens is 1. The summed E-state index contributed by atoms with van der Waals surface area (Å²) in [6, 6.07) is 13.4. The number of rotatable bonds is 6. The second-order valence-electron chi connectivity index (χ2n) is 8.72. The molecule has 1 saturated heterocycles. The van der Waals surface area contributed by atoms with Crippen LogP contribution in [0.5, 0.6) is 0 Å². The molecule has 0 spiro atoms. The Bertz CT molecular complexity index is 1200. The zero-order valence-corrected chi connectivity index (χ0v) is 19.8. The van der Waals surface area contributed by atoms with Gasteiger partial charge >= 0.3 is 5.97 Å². The lowest BCUT2D eigenvalue weighted by Gasteiger charge is -2.34. The average molecular weight is 463 g/mol. The van der Waals surface area contributed by atoms with E-state index in [1.54, 1.807) is 4.90 Å². The minimum atomic E-state index is -0.509. The number of nitrogens with one attached hydrogen (secondary N) is 2. The van der Waals surface area contributed by atoms with E-state index in [-0.39, 0.29) is 25.0 Å². The first kappa shape index (κ1) is 23.5. The molecule has 3 aromatic rings. The molecule has 34 heavy (non-hydrogen) atoms. The maximum absolute atomic E-state index is 12.6. The predicted molar refractivity (Wildman–Crippen MR) is 131 cm³/mol. The van der Waals surface area contributed by atoms with Crippen molar-refractivity contribution in [3.63, 3.8) is 0 Å². The van der Waals surface area contributed by atoms with E-state index in [4.69, 9.17) is 4.74 Å². The van der Waals surface area contributed by atoms with Gasteiger partial charge < -0.3 is 19.9 Å². The van der Waals surface area contributed by atoms with Gasteiger partial charge in [0.15, 0.2) is 6.61 Å². The molecule has 1 aliphatic heterocycles. The van der Waals surface area contributed by atoms with Crippen molar-refractivity contribution < 1.29 is 19.1 Å². The number of carbonyl (C=O) groups excluding carboxylic acids is 3. The van der Waals surface area contributed by atoms with Crippen molar-refractivity contribution in [2.24, 2.45) is 0 Å². The van der Waals surface area contributed by atoms with Gasteiger partial charge in [-0.25, -0.2) is 4.79 Å². The van der Waals surface area contributed by atoms with E-state index in [1.165, 1.54) is 0 Å². The third-order valence-corrected chi connectivity index (χ3v) is 6.26. The smallest absolute Gasteiger partial charge is 0.341 e. The van der Waals surface area contributed by atoms with Crippen molar-refractivity contribution in [3.05, 3.63) is 64.8 Å². The highest BCUT2D eigenvalue weighted by Crippen LogP contribution is 2.23. The number of aromatic nitrogens is 1. The van der Waals surface area contributed by atoms with Crippen molar-refractivity contribution >= 4 is 34.4 Å². The monoisotopic (exact) mass is 462 g/mol. The van der Waals surface area contributed by atoms with Crippen LogP contribution in [0.25, 0.3) is 10.9 Å². The molecular weight excluding hydrogens is 432 g/mol. The van der Waals surface area contributed by atoms with Gasteiger partial charge in [0.2, 0.25) is 5.91 Å². The van der Waals surface area contributed by atoms with Gasteiger partial charge in [-0.15, -0.1) is 0 Å². The van der Waals surface area contributed by atoms with Gasteiger partial charge in [0, 0.05) is 48.5 Å². The van der Waals surface area contributed by atoms with Crippen LogP contribution in [0, 0.1) is 20.8 Å². The van der Waals surface area contributed by atoms with Crippen molar-refractivity contribution in [2.75, 3.05) is 44.6 Å². The molecule has 2 heterocycles. The maximum atomic E-state index is 12.6. The molecule has 2 N–H and O–H groups in total. The quantitative estimate of drug-likeness (QED) is 0.549. The van der Waals surface area contributed by atoms with E-state index in [0.717, 1.165) is 27.7 Å². The summed E-state index contributed by atoms with van der Waals surface area (Å²) in [4.78, 5) is 44.6. The Balaban J connectivity index is 1.25. The molecule has 0 atom stereocenters. The molecule has 178 valence electrons. The Morgan fingerprint density at radius 2 is 1.62 bits per heavy atom. The number of ether oxygens (including phenoxy) is 1. The zero-order valence-electron chi connectivity index (χ0n) is 19.8. The van der Waals surface area contributed by atoms with Gasteiger partial charge in [0.1, 0.15) is 0 Å². The fourth-order valence-corrected chi connectivity index (χ4v) is 4.38. The minimum absolute atomic E-state index is 0.0693.